The number of hydrogen-bond donors (Lipinski definition) is 2. The first-order valence-electron chi connectivity index (χ1n) is 6.80. The molecule has 0 saturated heterocycles. The van der Waals surface area contributed by atoms with Crippen molar-refractivity contribution in [3.8, 4) is 0 Å². The number of rotatable bonds is 8. The van der Waals surface area contributed by atoms with Crippen LogP contribution < -0.4 is 10.0 Å². The van der Waals surface area contributed by atoms with Crippen molar-refractivity contribution in [3.05, 3.63) is 29.8 Å². The van der Waals surface area contributed by atoms with Crippen LogP contribution in [0.5, 0.6) is 0 Å². The molecule has 0 radical (unpaired) electrons. The van der Waals surface area contributed by atoms with Crippen LogP contribution in [0, 0.1) is 0 Å². The molecule has 1 rings (SSSR count). The number of hydrogen-bond acceptors (Lipinski definition) is 4. The minimum atomic E-state index is -3.47. The van der Waals surface area contributed by atoms with Crippen molar-refractivity contribution in [1.82, 2.24) is 10.0 Å². The summed E-state index contributed by atoms with van der Waals surface area (Å²) in [5.74, 6) is -0.229. The minimum absolute atomic E-state index is 0.131. The van der Waals surface area contributed by atoms with E-state index in [0.29, 0.717) is 18.7 Å². The molecule has 1 amide bonds. The molecule has 1 aromatic rings. The van der Waals surface area contributed by atoms with Gasteiger partial charge in [-0.1, -0.05) is 0 Å². The molecular weight excluding hydrogens is 292 g/mol. The zero-order valence-electron chi connectivity index (χ0n) is 12.5. The van der Waals surface area contributed by atoms with Gasteiger partial charge in [0.15, 0.2) is 0 Å². The predicted molar refractivity (Wildman–Crippen MR) is 80.7 cm³/mol. The van der Waals surface area contributed by atoms with Crippen molar-refractivity contribution in [3.63, 3.8) is 0 Å². The van der Waals surface area contributed by atoms with Crippen LogP contribution >= 0.6 is 0 Å². The zero-order chi connectivity index (χ0) is 15.9. The first-order chi connectivity index (χ1) is 9.86. The van der Waals surface area contributed by atoms with E-state index in [2.05, 4.69) is 10.0 Å². The lowest BCUT2D eigenvalue weighted by Gasteiger charge is -2.08. The fourth-order valence-corrected chi connectivity index (χ4v) is 2.33. The molecule has 0 saturated carbocycles. The van der Waals surface area contributed by atoms with Crippen molar-refractivity contribution in [2.45, 2.75) is 31.3 Å². The molecule has 1 aromatic carbocycles. The molecule has 0 atom stereocenters. The van der Waals surface area contributed by atoms with E-state index in [4.69, 9.17) is 4.74 Å². The SMILES string of the molecule is CNS(=O)(=O)c1ccc(C(=O)NCCCOC(C)C)cc1. The Morgan fingerprint density at radius 1 is 1.24 bits per heavy atom. The van der Waals surface area contributed by atoms with E-state index >= 15 is 0 Å². The van der Waals surface area contributed by atoms with Gasteiger partial charge in [-0.3, -0.25) is 4.79 Å². The van der Waals surface area contributed by atoms with Crippen LogP contribution in [0.3, 0.4) is 0 Å². The number of carbonyl (C=O) groups is 1. The summed E-state index contributed by atoms with van der Waals surface area (Å²) in [5.41, 5.74) is 0.426. The van der Waals surface area contributed by atoms with Gasteiger partial charge in [-0.05, 0) is 51.6 Å². The van der Waals surface area contributed by atoms with Gasteiger partial charge in [0, 0.05) is 18.7 Å². The molecule has 0 aliphatic heterocycles. The van der Waals surface area contributed by atoms with E-state index in [1.165, 1.54) is 31.3 Å². The number of sulfonamides is 1. The molecular formula is C14H22N2O4S. The fourth-order valence-electron chi connectivity index (χ4n) is 1.60. The van der Waals surface area contributed by atoms with E-state index in [-0.39, 0.29) is 16.9 Å². The maximum Gasteiger partial charge on any atom is 0.251 e. The summed E-state index contributed by atoms with van der Waals surface area (Å²) in [7, 11) is -2.13. The predicted octanol–water partition coefficient (Wildman–Crippen LogP) is 1.14. The van der Waals surface area contributed by atoms with Gasteiger partial charge in [0.25, 0.3) is 5.91 Å². The third-order valence-electron chi connectivity index (χ3n) is 2.75. The summed E-state index contributed by atoms with van der Waals surface area (Å²) in [6, 6.07) is 5.79. The van der Waals surface area contributed by atoms with Crippen LogP contribution in [0.2, 0.25) is 0 Å². The molecule has 6 nitrogen and oxygen atoms in total. The maximum atomic E-state index is 11.9. The molecule has 0 aliphatic rings. The Balaban J connectivity index is 2.49. The first kappa shape index (κ1) is 17.6. The highest BCUT2D eigenvalue weighted by Gasteiger charge is 2.12. The molecule has 0 unspecified atom stereocenters. The molecule has 0 aromatic heterocycles. The Bertz CT molecular complexity index is 553. The lowest BCUT2D eigenvalue weighted by molar-refractivity contribution is 0.0757. The van der Waals surface area contributed by atoms with Crippen molar-refractivity contribution in [2.24, 2.45) is 0 Å². The Kier molecular flexibility index (Phi) is 6.80. The summed E-state index contributed by atoms with van der Waals surface area (Å²) in [6.07, 6.45) is 0.915. The third-order valence-corrected chi connectivity index (χ3v) is 4.18. The van der Waals surface area contributed by atoms with Crippen LogP contribution in [0.15, 0.2) is 29.2 Å². The highest BCUT2D eigenvalue weighted by Crippen LogP contribution is 2.10. The number of nitrogens with one attached hydrogen (secondary N) is 2. The molecule has 0 bridgehead atoms. The minimum Gasteiger partial charge on any atom is -0.379 e. The second-order valence-electron chi connectivity index (χ2n) is 4.76. The Hall–Kier alpha value is -1.44. The van der Waals surface area contributed by atoms with Crippen molar-refractivity contribution in [2.75, 3.05) is 20.2 Å². The average molecular weight is 314 g/mol. The fraction of sp³-hybridized carbons (Fsp3) is 0.500. The van der Waals surface area contributed by atoms with Crippen molar-refractivity contribution < 1.29 is 17.9 Å². The molecule has 0 aliphatic carbocycles. The van der Waals surface area contributed by atoms with Gasteiger partial charge >= 0.3 is 0 Å². The van der Waals surface area contributed by atoms with Crippen LogP contribution in [-0.4, -0.2) is 40.6 Å². The van der Waals surface area contributed by atoms with Gasteiger partial charge < -0.3 is 10.1 Å². The summed E-state index contributed by atoms with van der Waals surface area (Å²) in [6.45, 7) is 5.03. The van der Waals surface area contributed by atoms with E-state index in [0.717, 1.165) is 6.42 Å². The van der Waals surface area contributed by atoms with Gasteiger partial charge in [-0.15, -0.1) is 0 Å². The largest absolute Gasteiger partial charge is 0.379 e. The number of benzene rings is 1. The van der Waals surface area contributed by atoms with Crippen LogP contribution in [-0.2, 0) is 14.8 Å². The van der Waals surface area contributed by atoms with Gasteiger partial charge in [0.1, 0.15) is 0 Å². The Labute approximate surface area is 125 Å². The van der Waals surface area contributed by atoms with Crippen molar-refractivity contribution in [1.29, 1.82) is 0 Å². The second kappa shape index (κ2) is 8.11. The van der Waals surface area contributed by atoms with Gasteiger partial charge in [-0.2, -0.15) is 0 Å². The van der Waals surface area contributed by atoms with Gasteiger partial charge in [-0.25, -0.2) is 13.1 Å². The van der Waals surface area contributed by atoms with E-state index < -0.39 is 10.0 Å². The summed E-state index contributed by atoms with van der Waals surface area (Å²) in [4.78, 5) is 12.0. The lowest BCUT2D eigenvalue weighted by Crippen LogP contribution is -2.25. The second-order valence-corrected chi connectivity index (χ2v) is 6.65. The number of carbonyl (C=O) groups excluding carboxylic acids is 1. The van der Waals surface area contributed by atoms with E-state index in [9.17, 15) is 13.2 Å². The number of ether oxygens (including phenoxy) is 1. The van der Waals surface area contributed by atoms with E-state index in [1.807, 2.05) is 13.8 Å². The van der Waals surface area contributed by atoms with Gasteiger partial charge in [0.05, 0.1) is 11.0 Å². The summed E-state index contributed by atoms with van der Waals surface area (Å²) < 4.78 is 30.7. The average Bonchev–Trinajstić information content (AvgIpc) is 2.46. The van der Waals surface area contributed by atoms with Crippen LogP contribution in [0.25, 0.3) is 0 Å². The van der Waals surface area contributed by atoms with Crippen LogP contribution in [0.4, 0.5) is 0 Å². The van der Waals surface area contributed by atoms with E-state index in [1.54, 1.807) is 0 Å². The van der Waals surface area contributed by atoms with Crippen molar-refractivity contribution >= 4 is 15.9 Å². The number of amides is 1. The molecule has 21 heavy (non-hydrogen) atoms. The Morgan fingerprint density at radius 3 is 2.38 bits per heavy atom. The molecule has 7 heteroatoms. The normalized spacial score (nSPS) is 11.6. The smallest absolute Gasteiger partial charge is 0.251 e. The lowest BCUT2D eigenvalue weighted by atomic mass is 10.2. The quantitative estimate of drug-likeness (QED) is 0.705. The highest BCUT2D eigenvalue weighted by molar-refractivity contribution is 7.89. The standard InChI is InChI=1S/C14H22N2O4S/c1-11(2)20-10-4-9-16-14(17)12-5-7-13(8-6-12)21(18,19)15-3/h5-8,11,15H,4,9-10H2,1-3H3,(H,16,17). The Morgan fingerprint density at radius 2 is 1.86 bits per heavy atom. The summed E-state index contributed by atoms with van der Waals surface area (Å²) in [5, 5.41) is 2.76. The van der Waals surface area contributed by atoms with Gasteiger partial charge in [0.2, 0.25) is 10.0 Å². The third kappa shape index (κ3) is 5.82. The maximum absolute atomic E-state index is 11.9. The molecule has 0 spiro atoms. The molecule has 0 fully saturated rings. The molecule has 0 heterocycles. The first-order valence-corrected chi connectivity index (χ1v) is 8.28. The topological polar surface area (TPSA) is 84.5 Å². The summed E-state index contributed by atoms with van der Waals surface area (Å²) >= 11 is 0. The van der Waals surface area contributed by atoms with Crippen LogP contribution in [0.1, 0.15) is 30.6 Å². The highest BCUT2D eigenvalue weighted by atomic mass is 32.2. The monoisotopic (exact) mass is 314 g/mol. The molecule has 118 valence electrons. The zero-order valence-corrected chi connectivity index (χ0v) is 13.4. The molecule has 2 N–H and O–H groups in total.